The molecule has 0 aliphatic rings. The van der Waals surface area contributed by atoms with Crippen molar-refractivity contribution < 1.29 is 9.59 Å². The number of carbonyl (C=O) groups excluding carboxylic acids is 2. The predicted molar refractivity (Wildman–Crippen MR) is 72.9 cm³/mol. The predicted octanol–water partition coefficient (Wildman–Crippen LogP) is 0.544. The molecule has 0 saturated heterocycles. The first-order valence-corrected chi connectivity index (χ1v) is 6.42. The van der Waals surface area contributed by atoms with Gasteiger partial charge in [0.05, 0.1) is 6.54 Å². The summed E-state index contributed by atoms with van der Waals surface area (Å²) in [5, 5.41) is 0. The van der Waals surface area contributed by atoms with Crippen LogP contribution in [0.15, 0.2) is 0 Å². The second-order valence-corrected chi connectivity index (χ2v) is 5.47. The Labute approximate surface area is 110 Å². The number of rotatable bonds is 7. The zero-order valence-electron chi connectivity index (χ0n) is 12.3. The quantitative estimate of drug-likeness (QED) is 0.724. The molecule has 18 heavy (non-hydrogen) atoms. The van der Waals surface area contributed by atoms with E-state index < -0.39 is 0 Å². The number of carbonyl (C=O) groups is 2. The highest BCUT2D eigenvalue weighted by atomic mass is 16.2. The molecular weight excluding hydrogens is 230 g/mol. The molecule has 0 aromatic carbocycles. The van der Waals surface area contributed by atoms with Gasteiger partial charge < -0.3 is 15.5 Å². The third-order valence-electron chi connectivity index (χ3n) is 2.90. The lowest BCUT2D eigenvalue weighted by Gasteiger charge is -2.22. The van der Waals surface area contributed by atoms with E-state index in [1.807, 2.05) is 0 Å². The average Bonchev–Trinajstić information content (AvgIpc) is 2.26. The number of nitrogens with two attached hydrogens (primary N) is 1. The van der Waals surface area contributed by atoms with Crippen molar-refractivity contribution in [3.63, 3.8) is 0 Å². The lowest BCUT2D eigenvalue weighted by Crippen LogP contribution is -2.39. The van der Waals surface area contributed by atoms with E-state index in [1.165, 1.54) is 9.80 Å². The Bertz CT molecular complexity index is 277. The third-order valence-corrected chi connectivity index (χ3v) is 2.90. The molecule has 0 bridgehead atoms. The maximum atomic E-state index is 12.0. The van der Waals surface area contributed by atoms with Gasteiger partial charge in [-0.1, -0.05) is 13.8 Å². The number of likely N-dealkylation sites (N-methyl/N-ethyl adjacent to an activating group) is 2. The number of nitrogens with zero attached hydrogens (tertiary/aromatic N) is 2. The molecule has 1 atom stereocenters. The summed E-state index contributed by atoms with van der Waals surface area (Å²) in [7, 11) is 5.02. The summed E-state index contributed by atoms with van der Waals surface area (Å²) >= 11 is 0. The van der Waals surface area contributed by atoms with Gasteiger partial charge in [-0.3, -0.25) is 9.59 Å². The molecule has 2 N–H and O–H groups in total. The molecule has 5 nitrogen and oxygen atoms in total. The first-order valence-electron chi connectivity index (χ1n) is 6.42. The Balaban J connectivity index is 4.25. The van der Waals surface area contributed by atoms with Crippen LogP contribution in [0.1, 0.15) is 26.7 Å². The monoisotopic (exact) mass is 257 g/mol. The minimum atomic E-state index is -0.0704. The lowest BCUT2D eigenvalue weighted by molar-refractivity contribution is -0.138. The summed E-state index contributed by atoms with van der Waals surface area (Å²) in [6.45, 7) is 4.88. The van der Waals surface area contributed by atoms with Crippen LogP contribution in [0.2, 0.25) is 0 Å². The molecule has 0 rings (SSSR count). The maximum absolute atomic E-state index is 12.0. The van der Waals surface area contributed by atoms with Crippen LogP contribution in [-0.2, 0) is 9.59 Å². The van der Waals surface area contributed by atoms with Crippen LogP contribution in [0.4, 0.5) is 0 Å². The Morgan fingerprint density at radius 2 is 1.67 bits per heavy atom. The molecular formula is C13H27N3O2. The van der Waals surface area contributed by atoms with Gasteiger partial charge in [-0.05, 0) is 24.8 Å². The zero-order chi connectivity index (χ0) is 14.3. The Hall–Kier alpha value is -1.10. The highest BCUT2D eigenvalue weighted by Gasteiger charge is 2.19. The fourth-order valence-electron chi connectivity index (χ4n) is 1.76. The van der Waals surface area contributed by atoms with E-state index >= 15 is 0 Å². The molecule has 0 fully saturated rings. The highest BCUT2D eigenvalue weighted by Crippen LogP contribution is 2.15. The second kappa shape index (κ2) is 8.08. The molecule has 0 spiro atoms. The third kappa shape index (κ3) is 6.59. The van der Waals surface area contributed by atoms with Crippen molar-refractivity contribution >= 4 is 11.8 Å². The van der Waals surface area contributed by atoms with Crippen molar-refractivity contribution in [1.29, 1.82) is 0 Å². The first-order chi connectivity index (χ1) is 8.27. The van der Waals surface area contributed by atoms with Gasteiger partial charge in [0.2, 0.25) is 11.8 Å². The van der Waals surface area contributed by atoms with Crippen LogP contribution in [-0.4, -0.2) is 55.8 Å². The molecule has 0 radical (unpaired) electrons. The molecule has 0 aromatic heterocycles. The van der Waals surface area contributed by atoms with E-state index in [0.717, 1.165) is 6.42 Å². The topological polar surface area (TPSA) is 66.6 Å². The van der Waals surface area contributed by atoms with E-state index in [1.54, 1.807) is 21.1 Å². The minimum absolute atomic E-state index is 0.0127. The maximum Gasteiger partial charge on any atom is 0.241 e. The van der Waals surface area contributed by atoms with Gasteiger partial charge >= 0.3 is 0 Å². The fraction of sp³-hybridized carbons (Fsp3) is 0.846. The van der Waals surface area contributed by atoms with Gasteiger partial charge in [0.15, 0.2) is 0 Å². The van der Waals surface area contributed by atoms with E-state index in [4.69, 9.17) is 5.73 Å². The second-order valence-electron chi connectivity index (χ2n) is 5.47. The van der Waals surface area contributed by atoms with E-state index in [-0.39, 0.29) is 24.3 Å². The normalized spacial score (nSPS) is 12.4. The van der Waals surface area contributed by atoms with Crippen LogP contribution >= 0.6 is 0 Å². The molecule has 0 saturated carbocycles. The van der Waals surface area contributed by atoms with Gasteiger partial charge in [-0.15, -0.1) is 0 Å². The van der Waals surface area contributed by atoms with Crippen molar-refractivity contribution in [1.82, 2.24) is 9.80 Å². The van der Waals surface area contributed by atoms with Crippen LogP contribution in [0.3, 0.4) is 0 Å². The standard InChI is InChI=1S/C13H27N3O2/c1-10(2)6-11(8-14)7-12(17)16(5)9-13(18)15(3)4/h10-11H,6-9,14H2,1-5H3. The molecule has 5 heteroatoms. The summed E-state index contributed by atoms with van der Waals surface area (Å²) in [4.78, 5) is 26.4. The molecule has 106 valence electrons. The summed E-state index contributed by atoms with van der Waals surface area (Å²) < 4.78 is 0. The van der Waals surface area contributed by atoms with E-state index in [2.05, 4.69) is 13.8 Å². The molecule has 0 aliphatic heterocycles. The van der Waals surface area contributed by atoms with Crippen LogP contribution < -0.4 is 5.73 Å². The van der Waals surface area contributed by atoms with Gasteiger partial charge in [0.1, 0.15) is 0 Å². The van der Waals surface area contributed by atoms with Crippen LogP contribution in [0, 0.1) is 11.8 Å². The van der Waals surface area contributed by atoms with E-state index in [9.17, 15) is 9.59 Å². The number of amides is 2. The Morgan fingerprint density at radius 3 is 2.06 bits per heavy atom. The Morgan fingerprint density at radius 1 is 1.11 bits per heavy atom. The number of hydrogen-bond donors (Lipinski definition) is 1. The summed E-state index contributed by atoms with van der Waals surface area (Å²) in [6.07, 6.45) is 1.36. The van der Waals surface area contributed by atoms with Crippen molar-refractivity contribution in [2.24, 2.45) is 17.6 Å². The summed E-state index contributed by atoms with van der Waals surface area (Å²) in [5.41, 5.74) is 5.67. The van der Waals surface area contributed by atoms with Crippen molar-refractivity contribution in [3.05, 3.63) is 0 Å². The molecule has 1 unspecified atom stereocenters. The highest BCUT2D eigenvalue weighted by molar-refractivity contribution is 5.84. The SMILES string of the molecule is CC(C)CC(CN)CC(=O)N(C)CC(=O)N(C)C. The van der Waals surface area contributed by atoms with Crippen molar-refractivity contribution in [3.8, 4) is 0 Å². The van der Waals surface area contributed by atoms with Crippen LogP contribution in [0.5, 0.6) is 0 Å². The summed E-state index contributed by atoms with van der Waals surface area (Å²) in [6, 6.07) is 0. The average molecular weight is 257 g/mol. The van der Waals surface area contributed by atoms with Gasteiger partial charge in [-0.25, -0.2) is 0 Å². The number of hydrogen-bond acceptors (Lipinski definition) is 3. The zero-order valence-corrected chi connectivity index (χ0v) is 12.3. The van der Waals surface area contributed by atoms with Crippen LogP contribution in [0.25, 0.3) is 0 Å². The summed E-state index contributed by atoms with van der Waals surface area (Å²) in [5.74, 6) is 0.648. The lowest BCUT2D eigenvalue weighted by atomic mass is 9.94. The van der Waals surface area contributed by atoms with E-state index in [0.29, 0.717) is 18.9 Å². The van der Waals surface area contributed by atoms with Gasteiger partial charge in [0, 0.05) is 27.6 Å². The molecule has 0 aliphatic carbocycles. The van der Waals surface area contributed by atoms with Crippen molar-refractivity contribution in [2.75, 3.05) is 34.2 Å². The molecule has 0 heterocycles. The minimum Gasteiger partial charge on any atom is -0.347 e. The van der Waals surface area contributed by atoms with Gasteiger partial charge in [0.25, 0.3) is 0 Å². The fourth-order valence-corrected chi connectivity index (χ4v) is 1.76. The smallest absolute Gasteiger partial charge is 0.241 e. The molecule has 2 amide bonds. The van der Waals surface area contributed by atoms with Gasteiger partial charge in [-0.2, -0.15) is 0 Å². The Kier molecular flexibility index (Phi) is 7.59. The first kappa shape index (κ1) is 16.9. The van der Waals surface area contributed by atoms with Crippen molar-refractivity contribution in [2.45, 2.75) is 26.7 Å². The molecule has 0 aromatic rings. The largest absolute Gasteiger partial charge is 0.347 e.